The molecule has 0 aliphatic carbocycles. The van der Waals surface area contributed by atoms with Crippen molar-refractivity contribution >= 4 is 17.6 Å². The Morgan fingerprint density at radius 3 is 2.96 bits per heavy atom. The molecule has 1 aromatic rings. The fourth-order valence-corrected chi connectivity index (χ4v) is 2.34. The topological polar surface area (TPSA) is 100 Å². The van der Waals surface area contributed by atoms with Crippen LogP contribution in [0.3, 0.4) is 0 Å². The number of carbonyl (C=O) groups is 2. The first-order valence-electron chi connectivity index (χ1n) is 7.59. The van der Waals surface area contributed by atoms with E-state index in [1.54, 1.807) is 6.07 Å². The summed E-state index contributed by atoms with van der Waals surface area (Å²) in [5.41, 5.74) is 9.25. The van der Waals surface area contributed by atoms with Crippen LogP contribution in [-0.4, -0.2) is 40.4 Å². The maximum atomic E-state index is 12.3. The van der Waals surface area contributed by atoms with Gasteiger partial charge in [-0.2, -0.15) is 0 Å². The molecule has 7 heteroatoms. The zero-order valence-electron chi connectivity index (χ0n) is 13.1. The van der Waals surface area contributed by atoms with Gasteiger partial charge in [0.2, 0.25) is 5.91 Å². The molecule has 1 aliphatic rings. The molecule has 1 saturated heterocycles. The van der Waals surface area contributed by atoms with Crippen molar-refractivity contribution in [1.82, 2.24) is 20.7 Å². The number of aromatic nitrogens is 1. The van der Waals surface area contributed by atoms with Crippen LogP contribution in [-0.2, 0) is 16.0 Å². The van der Waals surface area contributed by atoms with Gasteiger partial charge in [-0.15, -0.1) is 6.42 Å². The number of nitrogen functional groups attached to an aromatic ring is 1. The van der Waals surface area contributed by atoms with Crippen LogP contribution in [0.1, 0.15) is 25.5 Å². The fourth-order valence-electron chi connectivity index (χ4n) is 2.34. The number of pyridine rings is 1. The van der Waals surface area contributed by atoms with Gasteiger partial charge in [0, 0.05) is 18.7 Å². The van der Waals surface area contributed by atoms with E-state index in [4.69, 9.17) is 12.2 Å². The predicted octanol–water partition coefficient (Wildman–Crippen LogP) is -0.160. The highest BCUT2D eigenvalue weighted by Crippen LogP contribution is 2.12. The highest BCUT2D eigenvalue weighted by atomic mass is 16.2. The number of imide groups is 1. The molecule has 0 saturated carbocycles. The Labute approximate surface area is 135 Å². The Hall–Kier alpha value is -2.43. The molecule has 7 nitrogen and oxygen atoms in total. The largest absolute Gasteiger partial charge is 0.384 e. The molecule has 1 aromatic heterocycles. The maximum absolute atomic E-state index is 12.3. The van der Waals surface area contributed by atoms with E-state index < -0.39 is 6.04 Å². The van der Waals surface area contributed by atoms with Gasteiger partial charge in [0.15, 0.2) is 0 Å². The predicted molar refractivity (Wildman–Crippen MR) is 86.7 cm³/mol. The molecule has 4 N–H and O–H groups in total. The molecule has 1 fully saturated rings. The normalized spacial score (nSPS) is 19.0. The number of nitrogens with zero attached hydrogens (tertiary/aromatic N) is 2. The van der Waals surface area contributed by atoms with Gasteiger partial charge in [0.05, 0.1) is 18.5 Å². The standard InChI is InChI=1S/C16H21N5O2/c1-3-11(4-2)20-21-15(22)10-13(16(21)23)18-9-8-12-6-5-7-14(17)19-12/h1,5-7,11,13,18,20H,4,8-10H2,2H3,(H2,17,19). The molecule has 0 aromatic carbocycles. The van der Waals surface area contributed by atoms with E-state index in [9.17, 15) is 9.59 Å². The van der Waals surface area contributed by atoms with Crippen molar-refractivity contribution in [3.8, 4) is 12.3 Å². The van der Waals surface area contributed by atoms with Crippen molar-refractivity contribution < 1.29 is 9.59 Å². The first kappa shape index (κ1) is 16.9. The summed E-state index contributed by atoms with van der Waals surface area (Å²) in [6.07, 6.45) is 6.73. The van der Waals surface area contributed by atoms with E-state index in [1.807, 2.05) is 19.1 Å². The number of nitrogens with one attached hydrogen (secondary N) is 2. The molecule has 1 aliphatic heterocycles. The van der Waals surface area contributed by atoms with Gasteiger partial charge in [-0.1, -0.05) is 18.9 Å². The van der Waals surface area contributed by atoms with E-state index in [0.29, 0.717) is 25.2 Å². The second-order valence-corrected chi connectivity index (χ2v) is 5.34. The third kappa shape index (κ3) is 4.28. The minimum atomic E-state index is -0.536. The number of amides is 2. The van der Waals surface area contributed by atoms with Gasteiger partial charge in [-0.25, -0.2) is 15.4 Å². The van der Waals surface area contributed by atoms with Crippen LogP contribution in [0.2, 0.25) is 0 Å². The number of hydrogen-bond acceptors (Lipinski definition) is 6. The summed E-state index contributed by atoms with van der Waals surface area (Å²) in [4.78, 5) is 28.4. The second kappa shape index (κ2) is 7.72. The number of terminal acetylenes is 1. The van der Waals surface area contributed by atoms with E-state index >= 15 is 0 Å². The van der Waals surface area contributed by atoms with Crippen LogP contribution in [0, 0.1) is 12.3 Å². The number of carbonyl (C=O) groups excluding carboxylic acids is 2. The van der Waals surface area contributed by atoms with E-state index in [1.165, 1.54) is 0 Å². The van der Waals surface area contributed by atoms with Gasteiger partial charge in [-0.05, 0) is 18.6 Å². The van der Waals surface area contributed by atoms with Crippen molar-refractivity contribution in [1.29, 1.82) is 0 Å². The minimum Gasteiger partial charge on any atom is -0.384 e. The van der Waals surface area contributed by atoms with Crippen molar-refractivity contribution in [3.05, 3.63) is 23.9 Å². The zero-order valence-corrected chi connectivity index (χ0v) is 13.1. The smallest absolute Gasteiger partial charge is 0.261 e. The van der Waals surface area contributed by atoms with Gasteiger partial charge >= 0.3 is 0 Å². The molecular formula is C16H21N5O2. The number of hydrazine groups is 1. The summed E-state index contributed by atoms with van der Waals surface area (Å²) in [6, 6.07) is 4.55. The summed E-state index contributed by atoms with van der Waals surface area (Å²) >= 11 is 0. The number of anilines is 1. The molecule has 2 unspecified atom stereocenters. The average Bonchev–Trinajstić information content (AvgIpc) is 2.79. The van der Waals surface area contributed by atoms with Gasteiger partial charge in [0.1, 0.15) is 5.82 Å². The Morgan fingerprint density at radius 2 is 2.30 bits per heavy atom. The van der Waals surface area contributed by atoms with Crippen LogP contribution in [0.15, 0.2) is 18.2 Å². The molecule has 2 atom stereocenters. The van der Waals surface area contributed by atoms with Crippen LogP contribution in [0.4, 0.5) is 5.82 Å². The first-order chi connectivity index (χ1) is 11.0. The maximum Gasteiger partial charge on any atom is 0.261 e. The lowest BCUT2D eigenvalue weighted by molar-refractivity contribution is -0.143. The van der Waals surface area contributed by atoms with Gasteiger partial charge in [-0.3, -0.25) is 9.59 Å². The number of hydrogen-bond donors (Lipinski definition) is 3. The van der Waals surface area contributed by atoms with E-state index in [2.05, 4.69) is 21.6 Å². The van der Waals surface area contributed by atoms with E-state index in [-0.39, 0.29) is 24.3 Å². The van der Waals surface area contributed by atoms with Gasteiger partial charge < -0.3 is 11.1 Å². The van der Waals surface area contributed by atoms with Crippen LogP contribution >= 0.6 is 0 Å². The summed E-state index contributed by atoms with van der Waals surface area (Å²) in [7, 11) is 0. The highest BCUT2D eigenvalue weighted by molar-refractivity contribution is 6.05. The lowest BCUT2D eigenvalue weighted by Gasteiger charge is -2.20. The summed E-state index contributed by atoms with van der Waals surface area (Å²) < 4.78 is 0. The lowest BCUT2D eigenvalue weighted by atomic mass is 10.2. The molecule has 0 spiro atoms. The van der Waals surface area contributed by atoms with Gasteiger partial charge in [0.25, 0.3) is 5.91 Å². The SMILES string of the molecule is C#CC(CC)NN1C(=O)CC(NCCc2cccc(N)n2)C1=O. The van der Waals surface area contributed by atoms with Crippen molar-refractivity contribution in [3.63, 3.8) is 0 Å². The molecule has 0 bridgehead atoms. The van der Waals surface area contributed by atoms with Crippen LogP contribution in [0.25, 0.3) is 0 Å². The summed E-state index contributed by atoms with van der Waals surface area (Å²) in [6.45, 7) is 2.41. The molecule has 23 heavy (non-hydrogen) atoms. The van der Waals surface area contributed by atoms with Crippen LogP contribution < -0.4 is 16.5 Å². The Morgan fingerprint density at radius 1 is 1.52 bits per heavy atom. The molecule has 122 valence electrons. The summed E-state index contributed by atoms with van der Waals surface area (Å²) in [5.74, 6) is 2.39. The van der Waals surface area contributed by atoms with Crippen molar-refractivity contribution in [2.24, 2.45) is 0 Å². The highest BCUT2D eigenvalue weighted by Gasteiger charge is 2.39. The third-order valence-corrected chi connectivity index (χ3v) is 3.64. The molecule has 2 amide bonds. The van der Waals surface area contributed by atoms with E-state index in [0.717, 1.165) is 10.7 Å². The number of nitrogens with two attached hydrogens (primary N) is 1. The minimum absolute atomic E-state index is 0.122. The average molecular weight is 315 g/mol. The number of rotatable bonds is 7. The monoisotopic (exact) mass is 315 g/mol. The molecule has 0 radical (unpaired) electrons. The summed E-state index contributed by atoms with van der Waals surface area (Å²) in [5, 5.41) is 4.12. The molecular weight excluding hydrogens is 294 g/mol. The van der Waals surface area contributed by atoms with Crippen molar-refractivity contribution in [2.45, 2.75) is 38.3 Å². The molecule has 2 rings (SSSR count). The Kier molecular flexibility index (Phi) is 5.68. The Bertz CT molecular complexity index is 625. The quantitative estimate of drug-likeness (QED) is 0.477. The zero-order chi connectivity index (χ0) is 16.8. The molecule has 2 heterocycles. The first-order valence-corrected chi connectivity index (χ1v) is 7.59. The fraction of sp³-hybridized carbons (Fsp3) is 0.438. The lowest BCUT2D eigenvalue weighted by Crippen LogP contribution is -2.49. The Balaban J connectivity index is 1.86. The second-order valence-electron chi connectivity index (χ2n) is 5.34. The third-order valence-electron chi connectivity index (χ3n) is 3.64. The van der Waals surface area contributed by atoms with Crippen LogP contribution in [0.5, 0.6) is 0 Å². The van der Waals surface area contributed by atoms with Crippen molar-refractivity contribution in [2.75, 3.05) is 12.3 Å².